The van der Waals surface area contributed by atoms with Gasteiger partial charge in [-0.1, -0.05) is 12.1 Å². The van der Waals surface area contributed by atoms with Crippen molar-refractivity contribution in [3.05, 3.63) is 59.2 Å². The fourth-order valence-electron chi connectivity index (χ4n) is 2.14. The Labute approximate surface area is 129 Å². The lowest BCUT2D eigenvalue weighted by Crippen LogP contribution is -2.30. The summed E-state index contributed by atoms with van der Waals surface area (Å²) in [6.45, 7) is 3.77. The fourth-order valence-corrected chi connectivity index (χ4v) is 3.22. The number of rotatable bonds is 4. The molecule has 0 spiro atoms. The van der Waals surface area contributed by atoms with E-state index in [4.69, 9.17) is 5.84 Å². The molecule has 0 saturated carbocycles. The van der Waals surface area contributed by atoms with Crippen LogP contribution < -0.4 is 16.0 Å². The van der Waals surface area contributed by atoms with Crippen molar-refractivity contribution in [2.75, 3.05) is 4.72 Å². The van der Waals surface area contributed by atoms with Gasteiger partial charge in [-0.25, -0.2) is 14.3 Å². The predicted octanol–water partition coefficient (Wildman–Crippen LogP) is 1.71. The zero-order chi connectivity index (χ0) is 16.3. The summed E-state index contributed by atoms with van der Waals surface area (Å²) in [5, 5.41) is 0. The Kier molecular flexibility index (Phi) is 4.48. The monoisotopic (exact) mass is 319 g/mol. The Hall–Kier alpha value is -2.38. The molecule has 0 fully saturated rings. The van der Waals surface area contributed by atoms with E-state index in [1.54, 1.807) is 12.1 Å². The van der Waals surface area contributed by atoms with Gasteiger partial charge >= 0.3 is 0 Å². The lowest BCUT2D eigenvalue weighted by atomic mass is 10.1. The van der Waals surface area contributed by atoms with Crippen LogP contribution in [0.5, 0.6) is 0 Å². The quantitative estimate of drug-likeness (QED) is 0.453. The van der Waals surface area contributed by atoms with Crippen molar-refractivity contribution >= 4 is 21.6 Å². The standard InChI is InChI=1S/C15H17N3O3S/c1-10-6-11(2)8-13(7-10)18-22(20,21)14-5-3-4-12(9-14)15(19)17-16/h3-9,18H,16H2,1-2H3,(H,17,19). The number of nitrogens with two attached hydrogens (primary N) is 1. The van der Waals surface area contributed by atoms with Gasteiger partial charge < -0.3 is 0 Å². The average molecular weight is 319 g/mol. The second-order valence-corrected chi connectivity index (χ2v) is 6.67. The van der Waals surface area contributed by atoms with Crippen LogP contribution in [0.2, 0.25) is 0 Å². The van der Waals surface area contributed by atoms with E-state index in [1.165, 1.54) is 24.3 Å². The maximum absolute atomic E-state index is 12.4. The molecule has 0 heterocycles. The predicted molar refractivity (Wildman–Crippen MR) is 84.8 cm³/mol. The van der Waals surface area contributed by atoms with Crippen LogP contribution >= 0.6 is 0 Å². The van der Waals surface area contributed by atoms with Crippen molar-refractivity contribution in [1.82, 2.24) is 5.43 Å². The lowest BCUT2D eigenvalue weighted by molar-refractivity contribution is 0.0953. The molecule has 2 rings (SSSR count). The molecule has 22 heavy (non-hydrogen) atoms. The zero-order valence-electron chi connectivity index (χ0n) is 12.3. The molecule has 0 atom stereocenters. The molecule has 0 aliphatic carbocycles. The molecule has 0 saturated heterocycles. The van der Waals surface area contributed by atoms with Gasteiger partial charge in [0, 0.05) is 11.3 Å². The number of anilines is 1. The molecule has 0 aliphatic heterocycles. The van der Waals surface area contributed by atoms with Crippen molar-refractivity contribution in [2.45, 2.75) is 18.7 Å². The first-order valence-electron chi connectivity index (χ1n) is 6.54. The van der Waals surface area contributed by atoms with Crippen LogP contribution in [0, 0.1) is 13.8 Å². The Morgan fingerprint density at radius 1 is 1.05 bits per heavy atom. The molecule has 0 aliphatic rings. The molecule has 6 nitrogen and oxygen atoms in total. The summed E-state index contributed by atoms with van der Waals surface area (Å²) in [5.41, 5.74) is 4.53. The second-order valence-electron chi connectivity index (χ2n) is 4.98. The molecule has 0 bridgehead atoms. The molecule has 0 aromatic heterocycles. The highest BCUT2D eigenvalue weighted by molar-refractivity contribution is 7.92. The number of carbonyl (C=O) groups is 1. The Morgan fingerprint density at radius 3 is 2.27 bits per heavy atom. The molecule has 2 aromatic rings. The topological polar surface area (TPSA) is 101 Å². The van der Waals surface area contributed by atoms with Gasteiger partial charge in [-0.3, -0.25) is 14.9 Å². The summed E-state index contributed by atoms with van der Waals surface area (Å²) in [6.07, 6.45) is 0. The van der Waals surface area contributed by atoms with Gasteiger partial charge in [0.2, 0.25) is 0 Å². The fraction of sp³-hybridized carbons (Fsp3) is 0.133. The number of amides is 1. The SMILES string of the molecule is Cc1cc(C)cc(NS(=O)(=O)c2cccc(C(=O)NN)c2)c1. The highest BCUT2D eigenvalue weighted by Crippen LogP contribution is 2.19. The minimum absolute atomic E-state index is 0.00670. The highest BCUT2D eigenvalue weighted by atomic mass is 32.2. The molecule has 116 valence electrons. The molecule has 1 amide bonds. The third-order valence-electron chi connectivity index (χ3n) is 3.01. The molecule has 2 aromatic carbocycles. The van der Waals surface area contributed by atoms with Crippen LogP contribution in [0.4, 0.5) is 5.69 Å². The minimum atomic E-state index is -3.78. The van der Waals surface area contributed by atoms with E-state index in [-0.39, 0.29) is 10.5 Å². The number of hydrogen-bond acceptors (Lipinski definition) is 4. The van der Waals surface area contributed by atoms with Gasteiger partial charge in [-0.15, -0.1) is 0 Å². The number of benzene rings is 2. The smallest absolute Gasteiger partial charge is 0.265 e. The zero-order valence-corrected chi connectivity index (χ0v) is 13.1. The van der Waals surface area contributed by atoms with E-state index in [9.17, 15) is 13.2 Å². The second kappa shape index (κ2) is 6.17. The average Bonchev–Trinajstić information content (AvgIpc) is 2.45. The van der Waals surface area contributed by atoms with Gasteiger partial charge in [0.15, 0.2) is 0 Å². The first kappa shape index (κ1) is 16.0. The summed E-state index contributed by atoms with van der Waals surface area (Å²) in [6, 6.07) is 11.1. The van der Waals surface area contributed by atoms with Crippen LogP contribution in [0.25, 0.3) is 0 Å². The van der Waals surface area contributed by atoms with Crippen LogP contribution in [-0.2, 0) is 10.0 Å². The lowest BCUT2D eigenvalue weighted by Gasteiger charge is -2.10. The third-order valence-corrected chi connectivity index (χ3v) is 4.39. The number of nitrogens with one attached hydrogen (secondary N) is 2. The van der Waals surface area contributed by atoms with Gasteiger partial charge in [0.1, 0.15) is 0 Å². The van der Waals surface area contributed by atoms with E-state index < -0.39 is 15.9 Å². The van der Waals surface area contributed by atoms with Gasteiger partial charge in [-0.2, -0.15) is 0 Å². The Bertz CT molecular complexity index is 796. The normalized spacial score (nSPS) is 11.0. The maximum atomic E-state index is 12.4. The van der Waals surface area contributed by atoms with Crippen LogP contribution in [0.15, 0.2) is 47.4 Å². The van der Waals surface area contributed by atoms with E-state index in [1.807, 2.05) is 25.3 Å². The van der Waals surface area contributed by atoms with Crippen molar-refractivity contribution in [3.8, 4) is 0 Å². The van der Waals surface area contributed by atoms with E-state index in [2.05, 4.69) is 4.72 Å². The summed E-state index contributed by atoms with van der Waals surface area (Å²) >= 11 is 0. The minimum Gasteiger partial charge on any atom is -0.290 e. The van der Waals surface area contributed by atoms with E-state index in [0.29, 0.717) is 5.69 Å². The van der Waals surface area contributed by atoms with Crippen molar-refractivity contribution in [2.24, 2.45) is 5.84 Å². The molecular formula is C15H17N3O3S. The van der Waals surface area contributed by atoms with E-state index in [0.717, 1.165) is 11.1 Å². The van der Waals surface area contributed by atoms with Crippen molar-refractivity contribution in [1.29, 1.82) is 0 Å². The first-order valence-corrected chi connectivity index (χ1v) is 8.02. The van der Waals surface area contributed by atoms with Crippen LogP contribution in [0.3, 0.4) is 0 Å². The first-order chi connectivity index (χ1) is 10.3. The number of hydrogen-bond donors (Lipinski definition) is 3. The number of sulfonamides is 1. The third kappa shape index (κ3) is 3.63. The van der Waals surface area contributed by atoms with Gasteiger partial charge in [0.05, 0.1) is 4.90 Å². The van der Waals surface area contributed by atoms with Crippen LogP contribution in [-0.4, -0.2) is 14.3 Å². The molecule has 4 N–H and O–H groups in total. The number of nitrogen functional groups attached to an aromatic ring is 1. The Morgan fingerprint density at radius 2 is 1.68 bits per heavy atom. The van der Waals surface area contributed by atoms with Crippen molar-refractivity contribution in [3.63, 3.8) is 0 Å². The molecule has 7 heteroatoms. The Balaban J connectivity index is 2.36. The van der Waals surface area contributed by atoms with Gasteiger partial charge in [-0.05, 0) is 55.3 Å². The number of hydrazine groups is 1. The van der Waals surface area contributed by atoms with E-state index >= 15 is 0 Å². The van der Waals surface area contributed by atoms with Gasteiger partial charge in [0.25, 0.3) is 15.9 Å². The number of carbonyl (C=O) groups excluding carboxylic acids is 1. The summed E-state index contributed by atoms with van der Waals surface area (Å²) in [7, 11) is -3.78. The summed E-state index contributed by atoms with van der Waals surface area (Å²) in [5.74, 6) is 4.50. The summed E-state index contributed by atoms with van der Waals surface area (Å²) in [4.78, 5) is 11.5. The number of aryl methyl sites for hydroxylation is 2. The molecular weight excluding hydrogens is 302 g/mol. The maximum Gasteiger partial charge on any atom is 0.265 e. The summed E-state index contributed by atoms with van der Waals surface area (Å²) < 4.78 is 27.3. The van der Waals surface area contributed by atoms with Crippen LogP contribution in [0.1, 0.15) is 21.5 Å². The highest BCUT2D eigenvalue weighted by Gasteiger charge is 2.16. The molecule has 0 unspecified atom stereocenters. The van der Waals surface area contributed by atoms with Crippen molar-refractivity contribution < 1.29 is 13.2 Å². The largest absolute Gasteiger partial charge is 0.290 e. The molecule has 0 radical (unpaired) electrons.